The van der Waals surface area contributed by atoms with Gasteiger partial charge in [-0.2, -0.15) is 0 Å². The first-order chi connectivity index (χ1) is 5.66. The van der Waals surface area contributed by atoms with Crippen LogP contribution in [-0.4, -0.2) is 6.17 Å². The smallest absolute Gasteiger partial charge is 0.0520 e. The molecule has 0 spiro atoms. The fourth-order valence-corrected chi connectivity index (χ4v) is 1.36. The zero-order chi connectivity index (χ0) is 9.40. The van der Waals surface area contributed by atoms with Crippen LogP contribution in [0.15, 0.2) is 0 Å². The van der Waals surface area contributed by atoms with E-state index in [4.69, 9.17) is 11.5 Å². The first kappa shape index (κ1) is 11.9. The molecule has 4 N–H and O–H groups in total. The van der Waals surface area contributed by atoms with E-state index in [2.05, 4.69) is 13.8 Å². The lowest BCUT2D eigenvalue weighted by molar-refractivity contribution is 0.429. The van der Waals surface area contributed by atoms with Crippen LogP contribution in [0.2, 0.25) is 0 Å². The lowest BCUT2D eigenvalue weighted by atomic mass is 9.98. The van der Waals surface area contributed by atoms with Crippen molar-refractivity contribution in [1.82, 2.24) is 0 Å². The summed E-state index contributed by atoms with van der Waals surface area (Å²) in [6, 6.07) is 0. The molecule has 0 aliphatic carbocycles. The van der Waals surface area contributed by atoms with E-state index in [0.29, 0.717) is 0 Å². The second-order valence-electron chi connectivity index (χ2n) is 3.84. The minimum Gasteiger partial charge on any atom is -0.316 e. The summed E-state index contributed by atoms with van der Waals surface area (Å²) >= 11 is 0. The fourth-order valence-electron chi connectivity index (χ4n) is 1.36. The molecule has 0 aliphatic rings. The zero-order valence-corrected chi connectivity index (χ0v) is 8.55. The minimum absolute atomic E-state index is 0.112. The molecule has 2 heteroatoms. The van der Waals surface area contributed by atoms with Gasteiger partial charge in [-0.15, -0.1) is 0 Å². The summed E-state index contributed by atoms with van der Waals surface area (Å²) < 4.78 is 0. The Morgan fingerprint density at radius 1 is 1.00 bits per heavy atom. The summed E-state index contributed by atoms with van der Waals surface area (Å²) in [5, 5.41) is 0. The number of unbranched alkanes of at least 4 members (excludes halogenated alkanes) is 2. The highest BCUT2D eigenvalue weighted by molar-refractivity contribution is 4.58. The lowest BCUT2D eigenvalue weighted by Crippen LogP contribution is -2.30. The zero-order valence-electron chi connectivity index (χ0n) is 8.55. The van der Waals surface area contributed by atoms with Gasteiger partial charge in [-0.25, -0.2) is 0 Å². The van der Waals surface area contributed by atoms with Crippen LogP contribution in [-0.2, 0) is 0 Å². The summed E-state index contributed by atoms with van der Waals surface area (Å²) in [7, 11) is 0. The maximum Gasteiger partial charge on any atom is 0.0520 e. The lowest BCUT2D eigenvalue weighted by Gasteiger charge is -2.12. The Hall–Kier alpha value is -0.0800. The largest absolute Gasteiger partial charge is 0.316 e. The van der Waals surface area contributed by atoms with Crippen LogP contribution in [0, 0.1) is 5.92 Å². The van der Waals surface area contributed by atoms with Crippen LogP contribution < -0.4 is 11.5 Å². The highest BCUT2D eigenvalue weighted by Gasteiger charge is 2.03. The number of nitrogens with two attached hydrogens (primary N) is 2. The third kappa shape index (κ3) is 8.02. The van der Waals surface area contributed by atoms with Crippen molar-refractivity contribution in [2.45, 2.75) is 58.5 Å². The third-order valence-corrected chi connectivity index (χ3v) is 2.29. The first-order valence-electron chi connectivity index (χ1n) is 5.18. The van der Waals surface area contributed by atoms with Crippen LogP contribution in [0.5, 0.6) is 0 Å². The summed E-state index contributed by atoms with van der Waals surface area (Å²) in [6.07, 6.45) is 7.40. The molecule has 2 nitrogen and oxygen atoms in total. The molecule has 0 rings (SSSR count). The molecule has 0 aliphatic heterocycles. The molecule has 0 saturated carbocycles. The van der Waals surface area contributed by atoms with Crippen LogP contribution >= 0.6 is 0 Å². The Morgan fingerprint density at radius 2 is 1.67 bits per heavy atom. The maximum atomic E-state index is 5.47. The minimum atomic E-state index is -0.112. The van der Waals surface area contributed by atoms with Crippen molar-refractivity contribution in [1.29, 1.82) is 0 Å². The van der Waals surface area contributed by atoms with Gasteiger partial charge in [0.15, 0.2) is 0 Å². The molecule has 0 saturated heterocycles. The number of rotatable bonds is 7. The van der Waals surface area contributed by atoms with E-state index < -0.39 is 0 Å². The predicted molar refractivity (Wildman–Crippen MR) is 54.7 cm³/mol. The highest BCUT2D eigenvalue weighted by atomic mass is 14.8. The molecule has 74 valence electrons. The van der Waals surface area contributed by atoms with Gasteiger partial charge in [-0.1, -0.05) is 39.5 Å². The molecule has 1 atom stereocenters. The Kier molecular flexibility index (Phi) is 7.51. The standard InChI is InChI=1S/C10H24N2/c1-3-4-5-6-9(2)7-8-10(11)12/h9-10H,3-8,11-12H2,1-2H3. The van der Waals surface area contributed by atoms with E-state index in [-0.39, 0.29) is 6.17 Å². The number of hydrogen-bond donors (Lipinski definition) is 2. The van der Waals surface area contributed by atoms with Gasteiger partial charge in [0.2, 0.25) is 0 Å². The monoisotopic (exact) mass is 172 g/mol. The second kappa shape index (κ2) is 7.56. The van der Waals surface area contributed by atoms with E-state index in [9.17, 15) is 0 Å². The Labute approximate surface area is 76.7 Å². The first-order valence-corrected chi connectivity index (χ1v) is 5.18. The highest BCUT2D eigenvalue weighted by Crippen LogP contribution is 2.14. The van der Waals surface area contributed by atoms with Crippen LogP contribution in [0.1, 0.15) is 52.4 Å². The van der Waals surface area contributed by atoms with Gasteiger partial charge < -0.3 is 11.5 Å². The van der Waals surface area contributed by atoms with E-state index in [1.807, 2.05) is 0 Å². The van der Waals surface area contributed by atoms with Crippen molar-refractivity contribution < 1.29 is 0 Å². The van der Waals surface area contributed by atoms with Crippen molar-refractivity contribution in [3.63, 3.8) is 0 Å². The fraction of sp³-hybridized carbons (Fsp3) is 1.00. The average molecular weight is 172 g/mol. The van der Waals surface area contributed by atoms with E-state index in [1.165, 1.54) is 32.1 Å². The molecular weight excluding hydrogens is 148 g/mol. The molecule has 0 aromatic heterocycles. The molecule has 0 amide bonds. The normalized spacial score (nSPS) is 13.8. The summed E-state index contributed by atoms with van der Waals surface area (Å²) in [6.45, 7) is 4.53. The van der Waals surface area contributed by atoms with Gasteiger partial charge in [-0.3, -0.25) is 0 Å². The van der Waals surface area contributed by atoms with Crippen LogP contribution in [0.4, 0.5) is 0 Å². The van der Waals surface area contributed by atoms with E-state index in [0.717, 1.165) is 12.3 Å². The van der Waals surface area contributed by atoms with Gasteiger partial charge in [0.1, 0.15) is 0 Å². The Morgan fingerprint density at radius 3 is 2.17 bits per heavy atom. The number of hydrogen-bond acceptors (Lipinski definition) is 2. The molecule has 0 fully saturated rings. The molecule has 0 bridgehead atoms. The molecule has 12 heavy (non-hydrogen) atoms. The van der Waals surface area contributed by atoms with Crippen molar-refractivity contribution in [3.8, 4) is 0 Å². The van der Waals surface area contributed by atoms with Crippen molar-refractivity contribution in [3.05, 3.63) is 0 Å². The molecule has 1 unspecified atom stereocenters. The second-order valence-corrected chi connectivity index (χ2v) is 3.84. The summed E-state index contributed by atoms with van der Waals surface area (Å²) in [4.78, 5) is 0. The predicted octanol–water partition coefficient (Wildman–Crippen LogP) is 2.23. The molecule has 0 heterocycles. The van der Waals surface area contributed by atoms with Gasteiger partial charge in [-0.05, 0) is 18.8 Å². The molecular formula is C10H24N2. The summed E-state index contributed by atoms with van der Waals surface area (Å²) in [5.41, 5.74) is 10.9. The van der Waals surface area contributed by atoms with Crippen LogP contribution in [0.25, 0.3) is 0 Å². The molecule has 0 aromatic rings. The Balaban J connectivity index is 3.15. The Bertz CT molecular complexity index is 91.8. The van der Waals surface area contributed by atoms with Crippen LogP contribution in [0.3, 0.4) is 0 Å². The SMILES string of the molecule is CCCCCC(C)CCC(N)N. The van der Waals surface area contributed by atoms with Crippen molar-refractivity contribution in [2.24, 2.45) is 17.4 Å². The summed E-state index contributed by atoms with van der Waals surface area (Å²) in [5.74, 6) is 0.797. The molecule has 0 aromatic carbocycles. The average Bonchev–Trinajstić information content (AvgIpc) is 2.01. The van der Waals surface area contributed by atoms with Gasteiger partial charge >= 0.3 is 0 Å². The maximum absolute atomic E-state index is 5.47. The van der Waals surface area contributed by atoms with Gasteiger partial charge in [0.25, 0.3) is 0 Å². The topological polar surface area (TPSA) is 52.0 Å². The van der Waals surface area contributed by atoms with Gasteiger partial charge in [0, 0.05) is 0 Å². The van der Waals surface area contributed by atoms with Crippen molar-refractivity contribution in [2.75, 3.05) is 0 Å². The molecule has 0 radical (unpaired) electrons. The quantitative estimate of drug-likeness (QED) is 0.457. The van der Waals surface area contributed by atoms with E-state index >= 15 is 0 Å². The third-order valence-electron chi connectivity index (χ3n) is 2.29. The van der Waals surface area contributed by atoms with Gasteiger partial charge in [0.05, 0.1) is 6.17 Å². The van der Waals surface area contributed by atoms with Crippen molar-refractivity contribution >= 4 is 0 Å². The van der Waals surface area contributed by atoms with E-state index in [1.54, 1.807) is 0 Å².